The monoisotopic (exact) mass is 376 g/mol. The van der Waals surface area contributed by atoms with E-state index in [9.17, 15) is 9.59 Å². The van der Waals surface area contributed by atoms with Crippen LogP contribution in [0.1, 0.15) is 85.5 Å². The van der Waals surface area contributed by atoms with Crippen LogP contribution in [0.4, 0.5) is 0 Å². The third-order valence-corrected chi connectivity index (χ3v) is 9.17. The third kappa shape index (κ3) is 3.11. The molecule has 0 saturated heterocycles. The number of rotatable bonds is 2. The van der Waals surface area contributed by atoms with E-state index in [1.54, 1.807) is 6.92 Å². The average molecular weight is 377 g/mol. The summed E-state index contributed by atoms with van der Waals surface area (Å²) in [7, 11) is 0. The molecule has 4 aliphatic carbocycles. The predicted octanol–water partition coefficient (Wildman–Crippen LogP) is 4.89. The van der Waals surface area contributed by atoms with Crippen molar-refractivity contribution in [2.24, 2.45) is 34.5 Å². The van der Waals surface area contributed by atoms with Crippen molar-refractivity contribution in [3.05, 3.63) is 0 Å². The molecule has 0 amide bonds. The summed E-state index contributed by atoms with van der Waals surface area (Å²) in [6.07, 6.45) is 10.8. The lowest BCUT2D eigenvalue weighted by atomic mass is 9.45. The Balaban J connectivity index is 1.51. The van der Waals surface area contributed by atoms with Gasteiger partial charge in [-0.3, -0.25) is 9.59 Å². The largest absolute Gasteiger partial charge is 0.463 e. The van der Waals surface area contributed by atoms with Crippen molar-refractivity contribution in [1.29, 1.82) is 0 Å². The summed E-state index contributed by atoms with van der Waals surface area (Å²) in [6, 6.07) is 0. The first-order chi connectivity index (χ1) is 12.7. The number of hydrogen-bond acceptors (Lipinski definition) is 4. The standard InChI is InChI=1S/C23H36O4/c1-14(24)26-17-9-11-22(3)16(13-17)5-6-18-19-7-8-21(27-15(2)25)23(19,4)12-10-20(18)22/h16-21H,5-13H2,1-4H3/t16-,17-,18-,19+,20-,21+,22-,23-/m0/s1. The fourth-order valence-electron chi connectivity index (χ4n) is 7.91. The van der Waals surface area contributed by atoms with E-state index in [2.05, 4.69) is 13.8 Å². The molecule has 4 rings (SSSR count). The van der Waals surface area contributed by atoms with Crippen LogP contribution in [-0.4, -0.2) is 24.1 Å². The second kappa shape index (κ2) is 6.77. The van der Waals surface area contributed by atoms with Crippen molar-refractivity contribution in [3.63, 3.8) is 0 Å². The van der Waals surface area contributed by atoms with Crippen molar-refractivity contribution >= 4 is 11.9 Å². The summed E-state index contributed by atoms with van der Waals surface area (Å²) >= 11 is 0. The first kappa shape index (κ1) is 19.3. The lowest BCUT2D eigenvalue weighted by Gasteiger charge is -2.60. The van der Waals surface area contributed by atoms with Gasteiger partial charge in [-0.2, -0.15) is 0 Å². The number of esters is 2. The fourth-order valence-corrected chi connectivity index (χ4v) is 7.91. The van der Waals surface area contributed by atoms with Crippen LogP contribution >= 0.6 is 0 Å². The Labute approximate surface area is 163 Å². The molecule has 0 aromatic rings. The van der Waals surface area contributed by atoms with Crippen molar-refractivity contribution < 1.29 is 19.1 Å². The van der Waals surface area contributed by atoms with Crippen molar-refractivity contribution in [3.8, 4) is 0 Å². The van der Waals surface area contributed by atoms with Gasteiger partial charge < -0.3 is 9.47 Å². The SMILES string of the molecule is CC(=O)O[C@H]1CC[C@@]2(C)[C@@H](CC[C@H]3[C@H]4CC[C@@H](OC(C)=O)[C@@]4(C)CC[C@@H]32)C1. The zero-order valence-corrected chi connectivity index (χ0v) is 17.5. The van der Waals surface area contributed by atoms with E-state index in [0.717, 1.165) is 31.1 Å². The number of carbonyl (C=O) groups excluding carboxylic acids is 2. The highest BCUT2D eigenvalue weighted by molar-refractivity contribution is 5.66. The van der Waals surface area contributed by atoms with E-state index >= 15 is 0 Å². The molecule has 4 heteroatoms. The maximum absolute atomic E-state index is 11.6. The topological polar surface area (TPSA) is 52.6 Å². The number of carbonyl (C=O) groups is 2. The average Bonchev–Trinajstić information content (AvgIpc) is 2.91. The first-order valence-electron chi connectivity index (χ1n) is 11.1. The van der Waals surface area contributed by atoms with Crippen molar-refractivity contribution in [2.45, 2.75) is 97.7 Å². The Morgan fingerprint density at radius 1 is 0.778 bits per heavy atom. The van der Waals surface area contributed by atoms with Gasteiger partial charge in [0.1, 0.15) is 12.2 Å². The van der Waals surface area contributed by atoms with Crippen LogP contribution in [0.25, 0.3) is 0 Å². The van der Waals surface area contributed by atoms with E-state index < -0.39 is 0 Å². The van der Waals surface area contributed by atoms with Gasteiger partial charge in [-0.25, -0.2) is 0 Å². The molecule has 4 fully saturated rings. The van der Waals surface area contributed by atoms with Gasteiger partial charge in [-0.1, -0.05) is 13.8 Å². The minimum Gasteiger partial charge on any atom is -0.463 e. The zero-order valence-electron chi connectivity index (χ0n) is 17.5. The maximum Gasteiger partial charge on any atom is 0.302 e. The minimum absolute atomic E-state index is 0.117. The Morgan fingerprint density at radius 2 is 1.44 bits per heavy atom. The summed E-state index contributed by atoms with van der Waals surface area (Å²) in [5.41, 5.74) is 0.561. The Morgan fingerprint density at radius 3 is 2.15 bits per heavy atom. The molecule has 4 aliphatic rings. The second-order valence-electron chi connectivity index (χ2n) is 10.4. The van der Waals surface area contributed by atoms with Gasteiger partial charge in [0.15, 0.2) is 0 Å². The first-order valence-corrected chi connectivity index (χ1v) is 11.1. The molecule has 27 heavy (non-hydrogen) atoms. The van der Waals surface area contributed by atoms with Gasteiger partial charge in [0, 0.05) is 19.3 Å². The molecule has 152 valence electrons. The lowest BCUT2D eigenvalue weighted by Crippen LogP contribution is -2.54. The summed E-state index contributed by atoms with van der Waals surface area (Å²) < 4.78 is 11.3. The van der Waals surface area contributed by atoms with E-state index in [0.29, 0.717) is 17.3 Å². The molecule has 4 saturated carbocycles. The lowest BCUT2D eigenvalue weighted by molar-refractivity contribution is -0.167. The van der Waals surface area contributed by atoms with Gasteiger partial charge in [0.05, 0.1) is 0 Å². The molecule has 0 radical (unpaired) electrons. The number of fused-ring (bicyclic) bond motifs is 5. The summed E-state index contributed by atoms with van der Waals surface area (Å²) in [4.78, 5) is 23.0. The highest BCUT2D eigenvalue weighted by Gasteiger charge is 2.61. The molecule has 0 aliphatic heterocycles. The molecule has 0 heterocycles. The molecule has 4 nitrogen and oxygen atoms in total. The molecule has 0 N–H and O–H groups in total. The summed E-state index contributed by atoms with van der Waals surface area (Å²) in [5.74, 6) is 2.69. The van der Waals surface area contributed by atoms with Crippen LogP contribution in [0, 0.1) is 34.5 Å². The molecule has 0 unspecified atom stereocenters. The van der Waals surface area contributed by atoms with E-state index in [1.807, 2.05) is 0 Å². The highest BCUT2D eigenvalue weighted by atomic mass is 16.5. The van der Waals surface area contributed by atoms with Crippen LogP contribution < -0.4 is 0 Å². The number of ether oxygens (including phenoxy) is 2. The summed E-state index contributed by atoms with van der Waals surface area (Å²) in [5, 5.41) is 0. The van der Waals surface area contributed by atoms with Gasteiger partial charge >= 0.3 is 11.9 Å². The molecular weight excluding hydrogens is 340 g/mol. The van der Waals surface area contributed by atoms with Gasteiger partial charge in [-0.15, -0.1) is 0 Å². The molecule has 0 aromatic carbocycles. The van der Waals surface area contributed by atoms with Crippen LogP contribution in [0.3, 0.4) is 0 Å². The zero-order chi connectivity index (χ0) is 19.4. The van der Waals surface area contributed by atoms with Gasteiger partial charge in [0.25, 0.3) is 0 Å². The Bertz CT molecular complexity index is 615. The van der Waals surface area contributed by atoms with Crippen LogP contribution in [0.2, 0.25) is 0 Å². The highest BCUT2D eigenvalue weighted by Crippen LogP contribution is 2.66. The molecular formula is C23H36O4. The van der Waals surface area contributed by atoms with Crippen LogP contribution in [0.15, 0.2) is 0 Å². The summed E-state index contributed by atoms with van der Waals surface area (Å²) in [6.45, 7) is 8.00. The van der Waals surface area contributed by atoms with E-state index in [1.165, 1.54) is 45.4 Å². The quantitative estimate of drug-likeness (QED) is 0.644. The Hall–Kier alpha value is -1.06. The van der Waals surface area contributed by atoms with E-state index in [4.69, 9.17) is 9.47 Å². The maximum atomic E-state index is 11.6. The van der Waals surface area contributed by atoms with Crippen LogP contribution in [-0.2, 0) is 19.1 Å². The molecule has 8 atom stereocenters. The Kier molecular flexibility index (Phi) is 4.83. The smallest absolute Gasteiger partial charge is 0.302 e. The van der Waals surface area contributed by atoms with Gasteiger partial charge in [-0.05, 0) is 86.9 Å². The normalized spacial score (nSPS) is 48.7. The van der Waals surface area contributed by atoms with Crippen molar-refractivity contribution in [1.82, 2.24) is 0 Å². The molecule has 0 spiro atoms. The fraction of sp³-hybridized carbons (Fsp3) is 0.913. The van der Waals surface area contributed by atoms with Crippen molar-refractivity contribution in [2.75, 3.05) is 0 Å². The third-order valence-electron chi connectivity index (χ3n) is 9.17. The van der Waals surface area contributed by atoms with E-state index in [-0.39, 0.29) is 29.6 Å². The second-order valence-corrected chi connectivity index (χ2v) is 10.4. The molecule has 0 aromatic heterocycles. The predicted molar refractivity (Wildman–Crippen MR) is 103 cm³/mol. The molecule has 0 bridgehead atoms. The number of hydrogen-bond donors (Lipinski definition) is 0. The van der Waals surface area contributed by atoms with Crippen LogP contribution in [0.5, 0.6) is 0 Å². The minimum atomic E-state index is -0.131. The van der Waals surface area contributed by atoms with Gasteiger partial charge in [0.2, 0.25) is 0 Å².